The van der Waals surface area contributed by atoms with Gasteiger partial charge in [-0.2, -0.15) is 4.80 Å². The Morgan fingerprint density at radius 2 is 1.96 bits per heavy atom. The summed E-state index contributed by atoms with van der Waals surface area (Å²) in [5.74, 6) is 1.70. The monoisotopic (exact) mass is 365 g/mol. The summed E-state index contributed by atoms with van der Waals surface area (Å²) in [6.07, 6.45) is 0. The summed E-state index contributed by atoms with van der Waals surface area (Å²) in [5, 5.41) is 15.2. The number of nitrogens with one attached hydrogen (secondary N) is 1. The fourth-order valence-electron chi connectivity index (χ4n) is 2.81. The summed E-state index contributed by atoms with van der Waals surface area (Å²) in [7, 11) is 0. The molecule has 1 aliphatic heterocycles. The second-order valence-corrected chi connectivity index (χ2v) is 6.41. The number of aryl methyl sites for hydroxylation is 1. The van der Waals surface area contributed by atoms with Crippen molar-refractivity contribution in [1.82, 2.24) is 25.5 Å². The third kappa shape index (κ3) is 3.74. The number of ether oxygens (including phenoxy) is 2. The van der Waals surface area contributed by atoms with Crippen LogP contribution in [0.25, 0.3) is 11.4 Å². The standard InChI is InChI=1S/C19H19N5O3/c1-12-3-5-14(6-4-12)19-21-23-24(22-19)10-18(25)20-13(2)15-7-8-16-17(9-15)27-11-26-16/h3-9,13H,10-11H2,1-2H3,(H,20,25). The Bertz CT molecular complexity index is 968. The Labute approximate surface area is 156 Å². The van der Waals surface area contributed by atoms with Gasteiger partial charge < -0.3 is 14.8 Å². The highest BCUT2D eigenvalue weighted by molar-refractivity contribution is 5.76. The van der Waals surface area contributed by atoms with Crippen LogP contribution in [0.2, 0.25) is 0 Å². The molecule has 1 aliphatic rings. The minimum atomic E-state index is -0.201. The van der Waals surface area contributed by atoms with E-state index in [2.05, 4.69) is 20.7 Å². The van der Waals surface area contributed by atoms with E-state index in [4.69, 9.17) is 9.47 Å². The van der Waals surface area contributed by atoms with Crippen LogP contribution in [0.15, 0.2) is 42.5 Å². The molecule has 27 heavy (non-hydrogen) atoms. The van der Waals surface area contributed by atoms with Crippen LogP contribution in [0.3, 0.4) is 0 Å². The van der Waals surface area contributed by atoms with E-state index in [9.17, 15) is 4.79 Å². The van der Waals surface area contributed by atoms with E-state index in [0.29, 0.717) is 17.3 Å². The lowest BCUT2D eigenvalue weighted by Crippen LogP contribution is -2.30. The van der Waals surface area contributed by atoms with Crippen LogP contribution >= 0.6 is 0 Å². The van der Waals surface area contributed by atoms with Crippen molar-refractivity contribution in [2.45, 2.75) is 26.4 Å². The van der Waals surface area contributed by atoms with Crippen LogP contribution in [0.4, 0.5) is 0 Å². The van der Waals surface area contributed by atoms with Gasteiger partial charge in [0.05, 0.1) is 6.04 Å². The van der Waals surface area contributed by atoms with Crippen molar-refractivity contribution in [2.24, 2.45) is 0 Å². The zero-order chi connectivity index (χ0) is 18.8. The van der Waals surface area contributed by atoms with Crippen molar-refractivity contribution in [3.05, 3.63) is 53.6 Å². The van der Waals surface area contributed by atoms with Crippen molar-refractivity contribution in [1.29, 1.82) is 0 Å². The minimum absolute atomic E-state index is 0.00620. The molecule has 1 unspecified atom stereocenters. The summed E-state index contributed by atoms with van der Waals surface area (Å²) in [6, 6.07) is 13.3. The van der Waals surface area contributed by atoms with Crippen molar-refractivity contribution >= 4 is 5.91 Å². The van der Waals surface area contributed by atoms with Crippen molar-refractivity contribution in [3.8, 4) is 22.9 Å². The highest BCUT2D eigenvalue weighted by Gasteiger charge is 2.17. The number of hydrogen-bond donors (Lipinski definition) is 1. The van der Waals surface area contributed by atoms with E-state index in [1.54, 1.807) is 0 Å². The number of carbonyl (C=O) groups excluding carboxylic acids is 1. The quantitative estimate of drug-likeness (QED) is 0.746. The van der Waals surface area contributed by atoms with Gasteiger partial charge in [0.1, 0.15) is 6.54 Å². The summed E-state index contributed by atoms with van der Waals surface area (Å²) >= 11 is 0. The number of amides is 1. The molecule has 3 aromatic rings. The Hall–Kier alpha value is -3.42. The molecule has 0 saturated carbocycles. The molecule has 138 valence electrons. The van der Waals surface area contributed by atoms with Gasteiger partial charge in [0.15, 0.2) is 11.5 Å². The number of nitrogens with zero attached hydrogens (tertiary/aromatic N) is 4. The number of carbonyl (C=O) groups is 1. The zero-order valence-corrected chi connectivity index (χ0v) is 15.0. The van der Waals surface area contributed by atoms with Crippen LogP contribution < -0.4 is 14.8 Å². The summed E-state index contributed by atoms with van der Waals surface area (Å²) in [4.78, 5) is 13.6. The average molecular weight is 365 g/mol. The molecule has 1 amide bonds. The summed E-state index contributed by atoms with van der Waals surface area (Å²) in [6.45, 7) is 4.14. The average Bonchev–Trinajstić information content (AvgIpc) is 3.30. The van der Waals surface area contributed by atoms with Crippen molar-refractivity contribution in [2.75, 3.05) is 6.79 Å². The molecule has 1 aromatic heterocycles. The van der Waals surface area contributed by atoms with Gasteiger partial charge in [0, 0.05) is 5.56 Å². The maximum Gasteiger partial charge on any atom is 0.244 e. The van der Waals surface area contributed by atoms with Crippen molar-refractivity contribution < 1.29 is 14.3 Å². The molecule has 0 bridgehead atoms. The molecule has 0 radical (unpaired) electrons. The first-order valence-corrected chi connectivity index (χ1v) is 8.62. The van der Waals surface area contributed by atoms with E-state index in [-0.39, 0.29) is 25.3 Å². The highest BCUT2D eigenvalue weighted by atomic mass is 16.7. The first kappa shape index (κ1) is 17.0. The van der Waals surface area contributed by atoms with E-state index in [1.165, 1.54) is 4.80 Å². The molecule has 2 aromatic carbocycles. The molecule has 0 aliphatic carbocycles. The number of benzene rings is 2. The lowest BCUT2D eigenvalue weighted by atomic mass is 10.1. The summed E-state index contributed by atoms with van der Waals surface area (Å²) in [5.41, 5.74) is 2.95. The molecule has 8 heteroatoms. The highest BCUT2D eigenvalue weighted by Crippen LogP contribution is 2.34. The number of hydrogen-bond acceptors (Lipinski definition) is 6. The van der Waals surface area contributed by atoms with Crippen LogP contribution in [0, 0.1) is 6.92 Å². The fraction of sp³-hybridized carbons (Fsp3) is 0.263. The first-order valence-electron chi connectivity index (χ1n) is 8.62. The molecule has 0 fully saturated rings. The normalized spacial score (nSPS) is 13.4. The lowest BCUT2D eigenvalue weighted by Gasteiger charge is -2.14. The Morgan fingerprint density at radius 3 is 2.78 bits per heavy atom. The zero-order valence-electron chi connectivity index (χ0n) is 15.0. The molecule has 1 N–H and O–H groups in total. The largest absolute Gasteiger partial charge is 0.454 e. The third-order valence-electron chi connectivity index (χ3n) is 4.32. The number of aromatic nitrogens is 4. The number of rotatable bonds is 5. The number of fused-ring (bicyclic) bond motifs is 1. The van der Waals surface area contributed by atoms with E-state index in [0.717, 1.165) is 16.7 Å². The van der Waals surface area contributed by atoms with Gasteiger partial charge in [-0.3, -0.25) is 4.79 Å². The first-order chi connectivity index (χ1) is 13.1. The summed E-state index contributed by atoms with van der Waals surface area (Å²) < 4.78 is 10.7. The van der Waals surface area contributed by atoms with Gasteiger partial charge in [-0.1, -0.05) is 35.9 Å². The predicted molar refractivity (Wildman–Crippen MR) is 97.1 cm³/mol. The van der Waals surface area contributed by atoms with Crippen LogP contribution in [0.1, 0.15) is 24.1 Å². The lowest BCUT2D eigenvalue weighted by molar-refractivity contribution is -0.122. The number of tetrazole rings is 1. The Balaban J connectivity index is 1.38. The minimum Gasteiger partial charge on any atom is -0.454 e. The van der Waals surface area contributed by atoms with Crippen LogP contribution in [-0.4, -0.2) is 32.9 Å². The molecule has 2 heterocycles. The molecule has 0 saturated heterocycles. The second-order valence-electron chi connectivity index (χ2n) is 6.41. The van der Waals surface area contributed by atoms with Crippen LogP contribution in [0.5, 0.6) is 11.5 Å². The Morgan fingerprint density at radius 1 is 1.19 bits per heavy atom. The van der Waals surface area contributed by atoms with E-state index in [1.807, 2.05) is 56.3 Å². The van der Waals surface area contributed by atoms with Gasteiger partial charge in [-0.25, -0.2) is 0 Å². The molecule has 8 nitrogen and oxygen atoms in total. The molecule has 1 atom stereocenters. The van der Waals surface area contributed by atoms with Gasteiger partial charge in [0.2, 0.25) is 18.5 Å². The predicted octanol–water partition coefficient (Wildman–Crippen LogP) is 2.25. The molecule has 4 rings (SSSR count). The topological polar surface area (TPSA) is 91.2 Å². The maximum absolute atomic E-state index is 12.3. The Kier molecular flexibility index (Phi) is 4.45. The van der Waals surface area contributed by atoms with Gasteiger partial charge in [-0.15, -0.1) is 10.2 Å². The van der Waals surface area contributed by atoms with E-state index < -0.39 is 0 Å². The van der Waals surface area contributed by atoms with Gasteiger partial charge >= 0.3 is 0 Å². The molecular weight excluding hydrogens is 346 g/mol. The third-order valence-corrected chi connectivity index (χ3v) is 4.32. The second kappa shape index (κ2) is 7.06. The van der Waals surface area contributed by atoms with Gasteiger partial charge in [0.25, 0.3) is 0 Å². The maximum atomic E-state index is 12.3. The molecule has 0 spiro atoms. The fourth-order valence-corrected chi connectivity index (χ4v) is 2.81. The smallest absolute Gasteiger partial charge is 0.244 e. The molecular formula is C19H19N5O3. The van der Waals surface area contributed by atoms with Gasteiger partial charge in [-0.05, 0) is 36.8 Å². The van der Waals surface area contributed by atoms with Crippen molar-refractivity contribution in [3.63, 3.8) is 0 Å². The van der Waals surface area contributed by atoms with Crippen LogP contribution in [-0.2, 0) is 11.3 Å². The SMILES string of the molecule is Cc1ccc(-c2nnn(CC(=O)NC(C)c3ccc4c(c3)OCO4)n2)cc1. The van der Waals surface area contributed by atoms with E-state index >= 15 is 0 Å².